The third kappa shape index (κ3) is 2.24. The molecule has 0 unspecified atom stereocenters. The Morgan fingerprint density at radius 1 is 1.44 bits per heavy atom. The Bertz CT molecular complexity index is 424. The van der Waals surface area contributed by atoms with Gasteiger partial charge in [0, 0.05) is 6.04 Å². The Morgan fingerprint density at radius 2 is 2.12 bits per heavy atom. The van der Waals surface area contributed by atoms with Gasteiger partial charge >= 0.3 is 0 Å². The van der Waals surface area contributed by atoms with Crippen molar-refractivity contribution in [2.75, 3.05) is 6.26 Å². The lowest BCUT2D eigenvalue weighted by Gasteiger charge is -2.25. The van der Waals surface area contributed by atoms with Gasteiger partial charge in [-0.25, -0.2) is 0 Å². The van der Waals surface area contributed by atoms with Crippen LogP contribution in [0.5, 0.6) is 5.88 Å². The second kappa shape index (κ2) is 4.91. The van der Waals surface area contributed by atoms with Crippen molar-refractivity contribution in [1.82, 2.24) is 9.55 Å². The molecular weight excluding hydrogens is 224 g/mol. The molecule has 0 spiro atoms. The maximum absolute atomic E-state index is 11.9. The van der Waals surface area contributed by atoms with E-state index in [2.05, 4.69) is 4.98 Å². The molecule has 1 N–H and O–H groups in total. The minimum atomic E-state index is -0.179. The van der Waals surface area contributed by atoms with Crippen LogP contribution in [0.4, 0.5) is 0 Å². The highest BCUT2D eigenvalue weighted by Gasteiger charge is 2.19. The van der Waals surface area contributed by atoms with Crippen LogP contribution in [0.2, 0.25) is 0 Å². The highest BCUT2D eigenvalue weighted by Crippen LogP contribution is 2.29. The van der Waals surface area contributed by atoms with Crippen molar-refractivity contribution in [3.63, 3.8) is 0 Å². The lowest BCUT2D eigenvalue weighted by atomic mass is 9.95. The molecule has 16 heavy (non-hydrogen) atoms. The standard InChI is InChI=1S/C11H16N2O2S/c1-16-11-12-9(14)7-10(15)13(11)8-5-3-2-4-6-8/h7-8,14H,2-6H2,1H3. The van der Waals surface area contributed by atoms with Crippen molar-refractivity contribution in [3.05, 3.63) is 16.4 Å². The topological polar surface area (TPSA) is 55.1 Å². The van der Waals surface area contributed by atoms with Gasteiger partial charge in [-0.15, -0.1) is 0 Å². The molecule has 0 atom stereocenters. The SMILES string of the molecule is CSc1nc(O)cc(=O)n1C1CCCCC1. The van der Waals surface area contributed by atoms with Crippen molar-refractivity contribution in [3.8, 4) is 5.88 Å². The molecule has 1 fully saturated rings. The zero-order valence-electron chi connectivity index (χ0n) is 9.35. The highest BCUT2D eigenvalue weighted by molar-refractivity contribution is 7.98. The summed E-state index contributed by atoms with van der Waals surface area (Å²) >= 11 is 1.41. The van der Waals surface area contributed by atoms with Crippen LogP contribution in [0, 0.1) is 0 Å². The molecule has 1 heterocycles. The van der Waals surface area contributed by atoms with E-state index in [-0.39, 0.29) is 17.5 Å². The molecule has 88 valence electrons. The summed E-state index contributed by atoms with van der Waals surface area (Å²) in [6, 6.07) is 1.46. The third-order valence-corrected chi connectivity index (χ3v) is 3.68. The molecule has 0 amide bonds. The Hall–Kier alpha value is -0.970. The fourth-order valence-corrected chi connectivity index (χ4v) is 2.90. The molecule has 0 saturated heterocycles. The summed E-state index contributed by atoms with van der Waals surface area (Å²) in [5.74, 6) is -0.179. The summed E-state index contributed by atoms with van der Waals surface area (Å²) in [5.41, 5.74) is -0.135. The van der Waals surface area contributed by atoms with Gasteiger partial charge in [0.1, 0.15) is 0 Å². The Balaban J connectivity index is 2.41. The molecular formula is C11H16N2O2S. The van der Waals surface area contributed by atoms with Gasteiger partial charge in [-0.2, -0.15) is 4.98 Å². The van der Waals surface area contributed by atoms with Crippen LogP contribution in [0.3, 0.4) is 0 Å². The van der Waals surface area contributed by atoms with E-state index in [1.807, 2.05) is 6.26 Å². The van der Waals surface area contributed by atoms with Crippen molar-refractivity contribution in [1.29, 1.82) is 0 Å². The summed E-state index contributed by atoms with van der Waals surface area (Å²) in [7, 11) is 0. The van der Waals surface area contributed by atoms with Gasteiger partial charge in [0.25, 0.3) is 5.56 Å². The zero-order valence-corrected chi connectivity index (χ0v) is 10.2. The lowest BCUT2D eigenvalue weighted by Crippen LogP contribution is -2.27. The normalized spacial score (nSPS) is 17.6. The van der Waals surface area contributed by atoms with E-state index in [0.29, 0.717) is 5.16 Å². The van der Waals surface area contributed by atoms with E-state index in [0.717, 1.165) is 12.8 Å². The molecule has 1 aromatic heterocycles. The van der Waals surface area contributed by atoms with Gasteiger partial charge in [0.2, 0.25) is 5.88 Å². The number of hydrogen-bond donors (Lipinski definition) is 1. The first-order valence-corrected chi connectivity index (χ1v) is 6.81. The van der Waals surface area contributed by atoms with E-state index >= 15 is 0 Å². The number of aromatic nitrogens is 2. The molecule has 1 aliphatic rings. The van der Waals surface area contributed by atoms with Crippen molar-refractivity contribution >= 4 is 11.8 Å². The molecule has 2 rings (SSSR count). The van der Waals surface area contributed by atoms with E-state index in [9.17, 15) is 9.90 Å². The molecule has 0 aliphatic heterocycles. The number of nitrogens with zero attached hydrogens (tertiary/aromatic N) is 2. The van der Waals surface area contributed by atoms with Crippen LogP contribution >= 0.6 is 11.8 Å². The summed E-state index contributed by atoms with van der Waals surface area (Å²) in [5, 5.41) is 9.93. The number of thioether (sulfide) groups is 1. The maximum Gasteiger partial charge on any atom is 0.258 e. The second-order valence-corrected chi connectivity index (χ2v) is 4.87. The van der Waals surface area contributed by atoms with Crippen LogP contribution in [0.1, 0.15) is 38.1 Å². The van der Waals surface area contributed by atoms with Crippen molar-refractivity contribution in [2.45, 2.75) is 43.3 Å². The molecule has 5 heteroatoms. The summed E-state index contributed by atoms with van der Waals surface area (Å²) in [4.78, 5) is 15.9. The van der Waals surface area contributed by atoms with Crippen LogP contribution in [0.25, 0.3) is 0 Å². The Kier molecular flexibility index (Phi) is 3.53. The zero-order chi connectivity index (χ0) is 11.5. The molecule has 0 bridgehead atoms. The van der Waals surface area contributed by atoms with Gasteiger partial charge in [-0.3, -0.25) is 9.36 Å². The fourth-order valence-electron chi connectivity index (χ4n) is 2.28. The number of hydrogen-bond acceptors (Lipinski definition) is 4. The van der Waals surface area contributed by atoms with Gasteiger partial charge in [-0.05, 0) is 19.1 Å². The highest BCUT2D eigenvalue weighted by atomic mass is 32.2. The van der Waals surface area contributed by atoms with E-state index < -0.39 is 0 Å². The first-order valence-electron chi connectivity index (χ1n) is 5.59. The van der Waals surface area contributed by atoms with Crippen molar-refractivity contribution < 1.29 is 5.11 Å². The fraction of sp³-hybridized carbons (Fsp3) is 0.636. The molecule has 0 aromatic carbocycles. The molecule has 0 radical (unpaired) electrons. The minimum Gasteiger partial charge on any atom is -0.493 e. The van der Waals surface area contributed by atoms with Gasteiger partial charge in [0.15, 0.2) is 5.16 Å². The van der Waals surface area contributed by atoms with E-state index in [1.54, 1.807) is 4.57 Å². The molecule has 1 saturated carbocycles. The van der Waals surface area contributed by atoms with Crippen LogP contribution in [0.15, 0.2) is 16.0 Å². The third-order valence-electron chi connectivity index (χ3n) is 3.03. The molecule has 1 aromatic rings. The predicted molar refractivity (Wildman–Crippen MR) is 64.1 cm³/mol. The minimum absolute atomic E-state index is 0.135. The van der Waals surface area contributed by atoms with Crippen LogP contribution in [-0.2, 0) is 0 Å². The average Bonchev–Trinajstić information content (AvgIpc) is 2.29. The first-order chi connectivity index (χ1) is 7.72. The van der Waals surface area contributed by atoms with Crippen LogP contribution < -0.4 is 5.56 Å². The maximum atomic E-state index is 11.9. The Morgan fingerprint density at radius 3 is 2.75 bits per heavy atom. The van der Waals surface area contributed by atoms with Gasteiger partial charge < -0.3 is 5.11 Å². The van der Waals surface area contributed by atoms with Gasteiger partial charge in [-0.1, -0.05) is 31.0 Å². The smallest absolute Gasteiger partial charge is 0.258 e. The monoisotopic (exact) mass is 240 g/mol. The largest absolute Gasteiger partial charge is 0.493 e. The lowest BCUT2D eigenvalue weighted by molar-refractivity contribution is 0.318. The van der Waals surface area contributed by atoms with Crippen LogP contribution in [-0.4, -0.2) is 20.9 Å². The second-order valence-electron chi connectivity index (χ2n) is 4.10. The summed E-state index contributed by atoms with van der Waals surface area (Å²) in [6.07, 6.45) is 7.56. The Labute approximate surface area is 98.7 Å². The average molecular weight is 240 g/mol. The van der Waals surface area contributed by atoms with E-state index in [1.165, 1.54) is 37.1 Å². The molecule has 4 nitrogen and oxygen atoms in total. The van der Waals surface area contributed by atoms with Crippen molar-refractivity contribution in [2.24, 2.45) is 0 Å². The quantitative estimate of drug-likeness (QED) is 0.636. The first kappa shape index (κ1) is 11.5. The van der Waals surface area contributed by atoms with Gasteiger partial charge in [0.05, 0.1) is 6.07 Å². The predicted octanol–water partition coefficient (Wildman–Crippen LogP) is 2.18. The van der Waals surface area contributed by atoms with E-state index in [4.69, 9.17) is 0 Å². The molecule has 1 aliphatic carbocycles. The summed E-state index contributed by atoms with van der Waals surface area (Å²) < 4.78 is 1.74. The number of rotatable bonds is 2. The number of aromatic hydroxyl groups is 1. The summed E-state index contributed by atoms with van der Waals surface area (Å²) in [6.45, 7) is 0.